The standard InChI is InChI=1S/C12H12Cl2N2S/c1-6(15)12-11(16-7(2)17-12)8-3-4-9(13)10(14)5-8/h3-6H,15H2,1-2H3. The van der Waals surface area contributed by atoms with Gasteiger partial charge in [0.1, 0.15) is 0 Å². The Bertz CT molecular complexity index is 549. The third-order valence-corrected chi connectivity index (χ3v) is 4.28. The molecule has 17 heavy (non-hydrogen) atoms. The van der Waals surface area contributed by atoms with E-state index < -0.39 is 0 Å². The SMILES string of the molecule is Cc1nc(-c2ccc(Cl)c(Cl)c2)c(C(C)N)s1. The first kappa shape index (κ1) is 12.8. The Balaban J connectivity index is 2.55. The van der Waals surface area contributed by atoms with Crippen LogP contribution in [0.25, 0.3) is 11.3 Å². The molecule has 0 saturated heterocycles. The number of hydrogen-bond donors (Lipinski definition) is 1. The summed E-state index contributed by atoms with van der Waals surface area (Å²) in [5, 5.41) is 2.08. The molecule has 0 fully saturated rings. The number of aromatic nitrogens is 1. The molecule has 2 N–H and O–H groups in total. The van der Waals surface area contributed by atoms with Gasteiger partial charge in [-0.25, -0.2) is 4.98 Å². The molecule has 0 aliphatic rings. The maximum absolute atomic E-state index is 6.01. The van der Waals surface area contributed by atoms with Crippen molar-refractivity contribution >= 4 is 34.5 Å². The molecule has 0 spiro atoms. The lowest BCUT2D eigenvalue weighted by Gasteiger charge is -2.06. The zero-order valence-corrected chi connectivity index (χ0v) is 11.8. The molecule has 1 aromatic heterocycles. The van der Waals surface area contributed by atoms with Crippen molar-refractivity contribution in [3.05, 3.63) is 38.1 Å². The Morgan fingerprint density at radius 2 is 2.00 bits per heavy atom. The topological polar surface area (TPSA) is 38.9 Å². The Morgan fingerprint density at radius 1 is 1.29 bits per heavy atom. The van der Waals surface area contributed by atoms with Gasteiger partial charge >= 0.3 is 0 Å². The molecule has 1 atom stereocenters. The summed E-state index contributed by atoms with van der Waals surface area (Å²) in [5.41, 5.74) is 7.80. The molecule has 0 bridgehead atoms. The minimum Gasteiger partial charge on any atom is -0.323 e. The van der Waals surface area contributed by atoms with Crippen molar-refractivity contribution in [1.29, 1.82) is 0 Å². The average Bonchev–Trinajstić information content (AvgIpc) is 2.64. The fourth-order valence-corrected chi connectivity index (χ4v) is 2.80. The number of halogens is 2. The van der Waals surface area contributed by atoms with Crippen LogP contribution in [0, 0.1) is 6.92 Å². The molecule has 0 aliphatic carbocycles. The largest absolute Gasteiger partial charge is 0.323 e. The van der Waals surface area contributed by atoms with E-state index in [-0.39, 0.29) is 6.04 Å². The van der Waals surface area contributed by atoms with Gasteiger partial charge < -0.3 is 5.73 Å². The highest BCUT2D eigenvalue weighted by molar-refractivity contribution is 7.12. The summed E-state index contributed by atoms with van der Waals surface area (Å²) in [7, 11) is 0. The number of nitrogens with two attached hydrogens (primary N) is 1. The van der Waals surface area contributed by atoms with E-state index in [4.69, 9.17) is 28.9 Å². The van der Waals surface area contributed by atoms with E-state index in [9.17, 15) is 0 Å². The number of hydrogen-bond acceptors (Lipinski definition) is 3. The van der Waals surface area contributed by atoms with Crippen LogP contribution in [0.1, 0.15) is 22.9 Å². The average molecular weight is 287 g/mol. The maximum Gasteiger partial charge on any atom is 0.0905 e. The van der Waals surface area contributed by atoms with E-state index in [2.05, 4.69) is 4.98 Å². The number of rotatable bonds is 2. The van der Waals surface area contributed by atoms with Gasteiger partial charge in [-0.05, 0) is 26.0 Å². The monoisotopic (exact) mass is 286 g/mol. The van der Waals surface area contributed by atoms with Crippen LogP contribution in [0.4, 0.5) is 0 Å². The maximum atomic E-state index is 6.01. The molecule has 2 rings (SSSR count). The highest BCUT2D eigenvalue weighted by atomic mass is 35.5. The van der Waals surface area contributed by atoms with Crippen molar-refractivity contribution in [1.82, 2.24) is 4.98 Å². The smallest absolute Gasteiger partial charge is 0.0905 e. The first-order chi connectivity index (χ1) is 7.99. The van der Waals surface area contributed by atoms with E-state index in [0.29, 0.717) is 10.0 Å². The van der Waals surface area contributed by atoms with Gasteiger partial charge in [-0.15, -0.1) is 11.3 Å². The predicted octanol–water partition coefficient (Wildman–Crippen LogP) is 4.45. The normalized spacial score (nSPS) is 12.8. The van der Waals surface area contributed by atoms with Crippen LogP contribution in [0.3, 0.4) is 0 Å². The first-order valence-corrected chi connectivity index (χ1v) is 6.74. The van der Waals surface area contributed by atoms with Gasteiger partial charge in [0.25, 0.3) is 0 Å². The molecule has 1 heterocycles. The Kier molecular flexibility index (Phi) is 3.73. The van der Waals surface area contributed by atoms with Gasteiger partial charge in [0.2, 0.25) is 0 Å². The van der Waals surface area contributed by atoms with Crippen LogP contribution in [0.2, 0.25) is 10.0 Å². The lowest BCUT2D eigenvalue weighted by atomic mass is 10.1. The lowest BCUT2D eigenvalue weighted by Crippen LogP contribution is -2.04. The highest BCUT2D eigenvalue weighted by Gasteiger charge is 2.15. The van der Waals surface area contributed by atoms with Crippen molar-refractivity contribution in [3.8, 4) is 11.3 Å². The second kappa shape index (κ2) is 4.94. The van der Waals surface area contributed by atoms with E-state index in [1.165, 1.54) is 0 Å². The van der Waals surface area contributed by atoms with Crippen molar-refractivity contribution in [2.24, 2.45) is 5.73 Å². The van der Waals surface area contributed by atoms with Crippen molar-refractivity contribution in [2.45, 2.75) is 19.9 Å². The fourth-order valence-electron chi connectivity index (χ4n) is 1.60. The van der Waals surface area contributed by atoms with Gasteiger partial charge in [-0.2, -0.15) is 0 Å². The van der Waals surface area contributed by atoms with E-state index in [1.54, 1.807) is 17.4 Å². The molecule has 0 saturated carbocycles. The van der Waals surface area contributed by atoms with Gasteiger partial charge in [-0.1, -0.05) is 29.3 Å². The van der Waals surface area contributed by atoms with Crippen molar-refractivity contribution < 1.29 is 0 Å². The molecule has 90 valence electrons. The van der Waals surface area contributed by atoms with Crippen molar-refractivity contribution in [3.63, 3.8) is 0 Å². The summed E-state index contributed by atoms with van der Waals surface area (Å²) in [6.07, 6.45) is 0. The molecule has 1 unspecified atom stereocenters. The third kappa shape index (κ3) is 2.63. The molecule has 0 radical (unpaired) electrons. The van der Waals surface area contributed by atoms with Crippen LogP contribution in [-0.2, 0) is 0 Å². The summed E-state index contributed by atoms with van der Waals surface area (Å²) in [6.45, 7) is 3.92. The molecule has 2 aromatic rings. The number of thiazole rings is 1. The Hall–Kier alpha value is -0.610. The van der Waals surface area contributed by atoms with Gasteiger partial charge in [-0.3, -0.25) is 0 Å². The van der Waals surface area contributed by atoms with Crippen LogP contribution in [-0.4, -0.2) is 4.98 Å². The Labute approximate surface area is 114 Å². The second-order valence-corrected chi connectivity index (χ2v) is 5.91. The zero-order valence-electron chi connectivity index (χ0n) is 9.50. The minimum atomic E-state index is -0.0364. The highest BCUT2D eigenvalue weighted by Crippen LogP contribution is 2.34. The number of aryl methyl sites for hydroxylation is 1. The summed E-state index contributed by atoms with van der Waals surface area (Å²) in [5.74, 6) is 0. The lowest BCUT2D eigenvalue weighted by molar-refractivity contribution is 0.837. The second-order valence-electron chi connectivity index (χ2n) is 3.86. The summed E-state index contributed by atoms with van der Waals surface area (Å²) < 4.78 is 0. The summed E-state index contributed by atoms with van der Waals surface area (Å²) in [4.78, 5) is 5.58. The van der Waals surface area contributed by atoms with Crippen LogP contribution in [0.5, 0.6) is 0 Å². The fraction of sp³-hybridized carbons (Fsp3) is 0.250. The van der Waals surface area contributed by atoms with Gasteiger partial charge in [0, 0.05) is 16.5 Å². The van der Waals surface area contributed by atoms with Crippen LogP contribution in [0.15, 0.2) is 18.2 Å². The quantitative estimate of drug-likeness (QED) is 0.886. The van der Waals surface area contributed by atoms with Gasteiger partial charge in [0.05, 0.1) is 20.7 Å². The molecule has 2 nitrogen and oxygen atoms in total. The molecule has 5 heteroatoms. The number of benzene rings is 1. The molecular formula is C12H12Cl2N2S. The van der Waals surface area contributed by atoms with E-state index >= 15 is 0 Å². The van der Waals surface area contributed by atoms with Crippen LogP contribution >= 0.6 is 34.5 Å². The van der Waals surface area contributed by atoms with Crippen LogP contribution < -0.4 is 5.73 Å². The molecule has 0 amide bonds. The van der Waals surface area contributed by atoms with E-state index in [0.717, 1.165) is 21.1 Å². The number of nitrogens with zero attached hydrogens (tertiary/aromatic N) is 1. The predicted molar refractivity (Wildman–Crippen MR) is 74.9 cm³/mol. The molecular weight excluding hydrogens is 275 g/mol. The van der Waals surface area contributed by atoms with Crippen molar-refractivity contribution in [2.75, 3.05) is 0 Å². The Morgan fingerprint density at radius 3 is 2.59 bits per heavy atom. The first-order valence-electron chi connectivity index (χ1n) is 5.17. The summed E-state index contributed by atoms with van der Waals surface area (Å²) in [6, 6.07) is 5.48. The van der Waals surface area contributed by atoms with Gasteiger partial charge in [0.15, 0.2) is 0 Å². The molecule has 1 aromatic carbocycles. The third-order valence-electron chi connectivity index (χ3n) is 2.37. The summed E-state index contributed by atoms with van der Waals surface area (Å²) >= 11 is 13.5. The minimum absolute atomic E-state index is 0.0364. The molecule has 0 aliphatic heterocycles. The van der Waals surface area contributed by atoms with E-state index in [1.807, 2.05) is 26.0 Å². The zero-order chi connectivity index (χ0) is 12.6.